The minimum Gasteiger partial charge on any atom is -0.327 e. The maximum Gasteiger partial charge on any atom is 0.498 e. The summed E-state index contributed by atoms with van der Waals surface area (Å²) in [6.45, 7) is 2.05. The van der Waals surface area contributed by atoms with Crippen LogP contribution in [0.5, 0.6) is 0 Å². The summed E-state index contributed by atoms with van der Waals surface area (Å²) in [5.74, 6) is -6.89. The third-order valence-electron chi connectivity index (χ3n) is 6.49. The van der Waals surface area contributed by atoms with E-state index in [9.17, 15) is 45.5 Å². The molecule has 216 valence electrons. The highest BCUT2D eigenvalue weighted by molar-refractivity contribution is 6.01. The molecule has 0 unspecified atom stereocenters. The van der Waals surface area contributed by atoms with Gasteiger partial charge in [0.1, 0.15) is 28.8 Å². The molecule has 2 aromatic carbocycles. The summed E-state index contributed by atoms with van der Waals surface area (Å²) in [5, 5.41) is 2.02. The molecule has 0 spiro atoms. The summed E-state index contributed by atoms with van der Waals surface area (Å²) in [5.41, 5.74) is -0.918. The molecule has 41 heavy (non-hydrogen) atoms. The molecule has 1 aromatic heterocycles. The van der Waals surface area contributed by atoms with Gasteiger partial charge >= 0.3 is 17.7 Å². The van der Waals surface area contributed by atoms with Crippen LogP contribution in [0.3, 0.4) is 0 Å². The number of H-pyrrole nitrogens is 1. The molecule has 0 radical (unpaired) electrons. The van der Waals surface area contributed by atoms with Gasteiger partial charge in [0, 0.05) is 36.0 Å². The van der Waals surface area contributed by atoms with Gasteiger partial charge in [-0.1, -0.05) is 11.2 Å². The molecule has 1 aliphatic rings. The van der Waals surface area contributed by atoms with Gasteiger partial charge in [-0.05, 0) is 43.7 Å². The van der Waals surface area contributed by atoms with Crippen molar-refractivity contribution in [2.24, 2.45) is 0 Å². The molecule has 0 bridgehead atoms. The first kappa shape index (κ1) is 29.3. The van der Waals surface area contributed by atoms with Gasteiger partial charge in [-0.25, -0.2) is 18.0 Å². The maximum atomic E-state index is 14.7. The summed E-state index contributed by atoms with van der Waals surface area (Å²) in [4.78, 5) is 56.1. The fourth-order valence-electron chi connectivity index (χ4n) is 4.22. The lowest BCUT2D eigenvalue weighted by atomic mass is 10.0. The lowest BCUT2D eigenvalue weighted by Gasteiger charge is -2.34. The van der Waals surface area contributed by atoms with E-state index in [0.717, 1.165) is 34.1 Å². The van der Waals surface area contributed by atoms with Crippen LogP contribution >= 0.6 is 0 Å². The van der Waals surface area contributed by atoms with Crippen molar-refractivity contribution < 1.29 is 50.4 Å². The Balaban J connectivity index is 1.59. The summed E-state index contributed by atoms with van der Waals surface area (Å²) >= 11 is 0. The van der Waals surface area contributed by atoms with Gasteiger partial charge in [0.2, 0.25) is 5.91 Å². The van der Waals surface area contributed by atoms with E-state index in [1.165, 1.54) is 19.9 Å². The number of amides is 2. The predicted octanol–water partition coefficient (Wildman–Crippen LogP) is 2.29. The second-order valence-corrected chi connectivity index (χ2v) is 9.20. The maximum absolute atomic E-state index is 14.7. The van der Waals surface area contributed by atoms with E-state index in [2.05, 4.69) is 4.84 Å². The van der Waals surface area contributed by atoms with Crippen molar-refractivity contribution in [3.63, 3.8) is 0 Å². The molecule has 2 heterocycles. The van der Waals surface area contributed by atoms with Gasteiger partial charge < -0.3 is 9.80 Å². The molecule has 1 aliphatic heterocycles. The van der Waals surface area contributed by atoms with Gasteiger partial charge in [0.25, 0.3) is 11.6 Å². The first-order valence-electron chi connectivity index (χ1n) is 11.9. The molecule has 9 nitrogen and oxygen atoms in total. The van der Waals surface area contributed by atoms with Gasteiger partial charge in [-0.15, -0.1) is 0 Å². The molecule has 0 saturated carbocycles. The van der Waals surface area contributed by atoms with E-state index in [-0.39, 0.29) is 52.4 Å². The molecule has 0 aliphatic carbocycles. The topological polar surface area (TPSA) is 104 Å². The predicted molar refractivity (Wildman–Crippen MR) is 128 cm³/mol. The molecule has 3 aromatic rings. The Bertz CT molecular complexity index is 1600. The number of anilines is 1. The average Bonchev–Trinajstić information content (AvgIpc) is 2.89. The number of halogens is 6. The van der Waals surface area contributed by atoms with Crippen molar-refractivity contribution in [2.75, 3.05) is 24.5 Å². The van der Waals surface area contributed by atoms with Gasteiger partial charge in [-0.2, -0.15) is 18.0 Å². The highest BCUT2D eigenvalue weighted by Gasteiger charge is 2.46. The van der Waals surface area contributed by atoms with E-state index in [1.54, 1.807) is 0 Å². The molecule has 2 amide bonds. The summed E-state index contributed by atoms with van der Waals surface area (Å²) < 4.78 is 80.3. The van der Waals surface area contributed by atoms with Crippen molar-refractivity contribution in [3.8, 4) is 0 Å². The van der Waals surface area contributed by atoms with E-state index in [0.29, 0.717) is 6.07 Å². The highest BCUT2D eigenvalue weighted by Crippen LogP contribution is 2.23. The van der Waals surface area contributed by atoms with E-state index >= 15 is 0 Å². The lowest BCUT2D eigenvalue weighted by molar-refractivity contribution is -0.921. The number of alkyl halides is 3. The van der Waals surface area contributed by atoms with Crippen molar-refractivity contribution in [3.05, 3.63) is 92.2 Å². The Morgan fingerprint density at radius 1 is 0.976 bits per heavy atom. The minimum absolute atomic E-state index is 0.0427. The van der Waals surface area contributed by atoms with Crippen LogP contribution in [0, 0.1) is 31.3 Å². The van der Waals surface area contributed by atoms with E-state index in [4.69, 9.17) is 0 Å². The number of carbonyl (C=O) groups is 3. The number of benzene rings is 2. The minimum atomic E-state index is -5.36. The van der Waals surface area contributed by atoms with Crippen molar-refractivity contribution in [1.29, 1.82) is 0 Å². The molecule has 4 rings (SSSR count). The second kappa shape index (κ2) is 11.1. The zero-order valence-electron chi connectivity index (χ0n) is 21.4. The quantitative estimate of drug-likeness (QED) is 0.367. The summed E-state index contributed by atoms with van der Waals surface area (Å²) in [6, 6.07) is 5.85. The number of hydrogen-bond donors (Lipinski definition) is 1. The van der Waals surface area contributed by atoms with Crippen LogP contribution in [0.15, 0.2) is 41.2 Å². The van der Waals surface area contributed by atoms with Crippen LogP contribution in [0.25, 0.3) is 0 Å². The average molecular weight is 583 g/mol. The summed E-state index contributed by atoms with van der Waals surface area (Å²) in [7, 11) is 0. The first-order valence-corrected chi connectivity index (χ1v) is 11.9. The Hall–Kier alpha value is -4.69. The van der Waals surface area contributed by atoms with Crippen LogP contribution in [0.2, 0.25) is 0 Å². The molecular weight excluding hydrogens is 562 g/mol. The molecule has 1 saturated heterocycles. The van der Waals surface area contributed by atoms with Crippen LogP contribution < -0.4 is 20.1 Å². The van der Waals surface area contributed by atoms with Crippen molar-refractivity contribution in [1.82, 2.24) is 10.00 Å². The molecule has 1 fully saturated rings. The van der Waals surface area contributed by atoms with Crippen molar-refractivity contribution in [2.45, 2.75) is 26.4 Å². The number of hydrogen-bond acceptors (Lipinski definition) is 5. The molecule has 15 heteroatoms. The summed E-state index contributed by atoms with van der Waals surface area (Å²) in [6.07, 6.45) is -5.66. The monoisotopic (exact) mass is 583 g/mol. The van der Waals surface area contributed by atoms with E-state index < -0.39 is 59.1 Å². The number of piperazine rings is 1. The highest BCUT2D eigenvalue weighted by atomic mass is 19.4. The number of aromatic nitrogens is 2. The normalized spacial score (nSPS) is 13.9. The molecule has 0 atom stereocenters. The Morgan fingerprint density at radius 2 is 1.63 bits per heavy atom. The smallest absolute Gasteiger partial charge is 0.327 e. The van der Waals surface area contributed by atoms with Crippen LogP contribution in [-0.2, 0) is 16.0 Å². The zero-order chi connectivity index (χ0) is 30.2. The van der Waals surface area contributed by atoms with Gasteiger partial charge in [0.05, 0.1) is 12.0 Å². The number of nitrogens with one attached hydrogen (secondary N) is 1. The third kappa shape index (κ3) is 6.23. The van der Waals surface area contributed by atoms with Crippen LogP contribution in [0.1, 0.15) is 32.7 Å². The molecule has 1 N–H and O–H groups in total. The van der Waals surface area contributed by atoms with Crippen LogP contribution in [-0.4, -0.2) is 53.6 Å². The largest absolute Gasteiger partial charge is 0.498 e. The van der Waals surface area contributed by atoms with Gasteiger partial charge in [-0.3, -0.25) is 14.4 Å². The first-order chi connectivity index (χ1) is 19.1. The number of nitrogens with zero attached hydrogens (tertiary/aromatic N) is 3. The third-order valence-corrected chi connectivity index (χ3v) is 6.49. The second-order valence-electron chi connectivity index (χ2n) is 9.20. The van der Waals surface area contributed by atoms with Gasteiger partial charge in [0.15, 0.2) is 0 Å². The Labute approximate surface area is 227 Å². The SMILES string of the molecule is Cc1c(C)c(=O)[nH][n+](OC(=O)C(F)(F)F)c1Cc1ccc(F)c(C(=O)N2CCN(c3cc(F)cc(F)c3)C(=O)C2)c1. The fraction of sp³-hybridized carbons (Fsp3) is 0.269. The Morgan fingerprint density at radius 3 is 2.24 bits per heavy atom. The number of carbonyl (C=O) groups excluding carboxylic acids is 3. The molecular formula is C26H21F6N4O5+. The number of rotatable bonds is 5. The van der Waals surface area contributed by atoms with Crippen molar-refractivity contribution >= 4 is 23.5 Å². The lowest BCUT2D eigenvalue weighted by Crippen LogP contribution is -2.58. The van der Waals surface area contributed by atoms with E-state index in [1.807, 2.05) is 5.10 Å². The Kier molecular flexibility index (Phi) is 7.90. The number of aromatic amines is 1. The van der Waals surface area contributed by atoms with Crippen LogP contribution in [0.4, 0.5) is 32.0 Å². The standard InChI is InChI=1S/C26H20F6N4O5/c1-13-14(2)23(38)33-36(41-25(40)26(30,31)32)21(13)8-15-3-4-20(29)19(7-15)24(39)34-5-6-35(22(37)12-34)18-10-16(27)9-17(28)11-18/h3-4,7,9-11H,5-6,8,12H2,1-2H3/p+1. The zero-order valence-corrected chi connectivity index (χ0v) is 21.4. The fourth-order valence-corrected chi connectivity index (χ4v) is 4.22.